The smallest absolute Gasteiger partial charge is 0.0513 e. The molecule has 1 nitrogen and oxygen atoms in total. The molecule has 2 heteroatoms. The van der Waals surface area contributed by atoms with Gasteiger partial charge in [0.05, 0.1) is 5.22 Å². The maximum absolute atomic E-state index is 6.07. The first-order valence-corrected chi connectivity index (χ1v) is 6.95. The van der Waals surface area contributed by atoms with Crippen molar-refractivity contribution in [3.63, 3.8) is 0 Å². The molecule has 0 radical (unpaired) electrons. The highest BCUT2D eigenvalue weighted by molar-refractivity contribution is 6.14. The Hall–Kier alpha value is 0.177. The molecule has 1 saturated heterocycles. The largest absolute Gasteiger partial charge is 0.379 e. The highest BCUT2D eigenvalue weighted by atomic mass is 28.1. The molecular weight excluding hydrogens is 176 g/mol. The van der Waals surface area contributed by atoms with Crippen LogP contribution in [0.4, 0.5) is 0 Å². The van der Waals surface area contributed by atoms with Crippen LogP contribution in [0.25, 0.3) is 0 Å². The van der Waals surface area contributed by atoms with E-state index in [-0.39, 0.29) is 0 Å². The van der Waals surface area contributed by atoms with Crippen molar-refractivity contribution in [3.05, 3.63) is 0 Å². The van der Waals surface area contributed by atoms with Gasteiger partial charge in [0.15, 0.2) is 0 Å². The lowest BCUT2D eigenvalue weighted by Gasteiger charge is -2.42. The van der Waals surface area contributed by atoms with Crippen molar-refractivity contribution in [2.24, 2.45) is 5.92 Å². The molecule has 0 bridgehead atoms. The van der Waals surface area contributed by atoms with Gasteiger partial charge in [-0.15, -0.1) is 0 Å². The van der Waals surface area contributed by atoms with E-state index in [1.807, 2.05) is 0 Å². The second-order valence-electron chi connectivity index (χ2n) is 4.95. The zero-order chi connectivity index (χ0) is 9.15. The fraction of sp³-hybridized carbons (Fsp3) is 1.00. The van der Waals surface area contributed by atoms with Crippen LogP contribution in [-0.2, 0) is 4.74 Å². The lowest BCUT2D eigenvalue weighted by molar-refractivity contribution is -0.0644. The van der Waals surface area contributed by atoms with Crippen molar-refractivity contribution < 1.29 is 4.74 Å². The van der Waals surface area contributed by atoms with Crippen LogP contribution < -0.4 is 0 Å². The van der Waals surface area contributed by atoms with E-state index in [0.29, 0.717) is 5.22 Å². The molecule has 1 aliphatic heterocycles. The monoisotopic (exact) mass is 198 g/mol. The Morgan fingerprint density at radius 3 is 2.38 bits per heavy atom. The molecule has 0 N–H and O–H groups in total. The molecule has 2 aliphatic rings. The van der Waals surface area contributed by atoms with Crippen LogP contribution in [-0.4, -0.2) is 22.1 Å². The Morgan fingerprint density at radius 1 is 1.00 bits per heavy atom. The Kier molecular flexibility index (Phi) is 3.09. The molecular formula is C11H22OSi. The fourth-order valence-corrected chi connectivity index (χ4v) is 4.13. The molecule has 0 aromatic carbocycles. The average molecular weight is 198 g/mol. The summed E-state index contributed by atoms with van der Waals surface area (Å²) in [4.78, 5) is 0. The highest BCUT2D eigenvalue weighted by Gasteiger charge is 2.36. The van der Waals surface area contributed by atoms with Crippen LogP contribution in [0.3, 0.4) is 0 Å². The predicted molar refractivity (Wildman–Crippen MR) is 59.0 cm³/mol. The topological polar surface area (TPSA) is 9.23 Å². The minimum absolute atomic E-state index is 0.388. The van der Waals surface area contributed by atoms with Crippen LogP contribution in [0.5, 0.6) is 0 Å². The second-order valence-corrected chi connectivity index (χ2v) is 6.65. The standard InChI is InChI=1S/C11H22OSi/c13-11(8-4-5-9-12-11)10-6-2-1-3-7-10/h10H,1-9H2,13H3. The molecule has 1 unspecified atom stereocenters. The van der Waals surface area contributed by atoms with Crippen molar-refractivity contribution in [2.45, 2.75) is 56.6 Å². The molecule has 0 aromatic heterocycles. The first kappa shape index (κ1) is 9.72. The van der Waals surface area contributed by atoms with Gasteiger partial charge in [0.1, 0.15) is 0 Å². The summed E-state index contributed by atoms with van der Waals surface area (Å²) in [5.41, 5.74) is 0. The van der Waals surface area contributed by atoms with E-state index in [2.05, 4.69) is 0 Å². The van der Waals surface area contributed by atoms with E-state index in [1.54, 1.807) is 0 Å². The summed E-state index contributed by atoms with van der Waals surface area (Å²) in [5.74, 6) is 0.924. The number of hydrogen-bond donors (Lipinski definition) is 0. The van der Waals surface area contributed by atoms with Crippen molar-refractivity contribution in [2.75, 3.05) is 6.61 Å². The van der Waals surface area contributed by atoms with E-state index in [9.17, 15) is 0 Å². The summed E-state index contributed by atoms with van der Waals surface area (Å²) in [6, 6.07) is 0. The Balaban J connectivity index is 1.94. The van der Waals surface area contributed by atoms with Crippen molar-refractivity contribution in [1.82, 2.24) is 0 Å². The minimum Gasteiger partial charge on any atom is -0.379 e. The molecule has 0 spiro atoms. The third-order valence-corrected chi connectivity index (χ3v) is 5.57. The molecule has 76 valence electrons. The van der Waals surface area contributed by atoms with Gasteiger partial charge in [-0.25, -0.2) is 0 Å². The van der Waals surface area contributed by atoms with Crippen molar-refractivity contribution in [1.29, 1.82) is 0 Å². The van der Waals surface area contributed by atoms with Crippen molar-refractivity contribution >= 4 is 10.2 Å². The summed E-state index contributed by atoms with van der Waals surface area (Å²) in [6.07, 6.45) is 11.4. The summed E-state index contributed by atoms with van der Waals surface area (Å²) in [5, 5.41) is 0.388. The van der Waals surface area contributed by atoms with Gasteiger partial charge in [0.25, 0.3) is 0 Å². The summed E-state index contributed by atoms with van der Waals surface area (Å²) in [7, 11) is 1.25. The summed E-state index contributed by atoms with van der Waals surface area (Å²) < 4.78 is 6.07. The zero-order valence-electron chi connectivity index (χ0n) is 8.85. The van der Waals surface area contributed by atoms with Crippen LogP contribution >= 0.6 is 0 Å². The lowest BCUT2D eigenvalue weighted by Crippen LogP contribution is -2.44. The highest BCUT2D eigenvalue weighted by Crippen LogP contribution is 2.38. The van der Waals surface area contributed by atoms with Crippen LogP contribution in [0.15, 0.2) is 0 Å². The first-order valence-electron chi connectivity index (χ1n) is 5.95. The normalized spacial score (nSPS) is 37.8. The van der Waals surface area contributed by atoms with E-state index >= 15 is 0 Å². The van der Waals surface area contributed by atoms with Gasteiger partial charge in [0, 0.05) is 16.8 Å². The van der Waals surface area contributed by atoms with E-state index in [1.165, 1.54) is 61.6 Å². The molecule has 1 atom stereocenters. The van der Waals surface area contributed by atoms with Crippen LogP contribution in [0.2, 0.25) is 0 Å². The quantitative estimate of drug-likeness (QED) is 0.584. The zero-order valence-corrected chi connectivity index (χ0v) is 10.8. The van der Waals surface area contributed by atoms with Gasteiger partial charge < -0.3 is 4.74 Å². The number of hydrogen-bond acceptors (Lipinski definition) is 1. The Bertz CT molecular complexity index is 157. The van der Waals surface area contributed by atoms with Crippen LogP contribution in [0.1, 0.15) is 51.4 Å². The molecule has 0 aromatic rings. The van der Waals surface area contributed by atoms with Gasteiger partial charge in [-0.1, -0.05) is 19.3 Å². The minimum atomic E-state index is 0.388. The third-order valence-electron chi connectivity index (χ3n) is 3.97. The SMILES string of the molecule is [SiH3]C1(C2CCCCC2)CCCCO1. The molecule has 1 heterocycles. The average Bonchev–Trinajstić information content (AvgIpc) is 2.20. The van der Waals surface area contributed by atoms with Crippen molar-refractivity contribution in [3.8, 4) is 0 Å². The Morgan fingerprint density at radius 2 is 1.77 bits per heavy atom. The lowest BCUT2D eigenvalue weighted by atomic mass is 9.82. The van der Waals surface area contributed by atoms with Gasteiger partial charge in [-0.2, -0.15) is 0 Å². The maximum atomic E-state index is 6.07. The summed E-state index contributed by atoms with van der Waals surface area (Å²) in [6.45, 7) is 1.04. The van der Waals surface area contributed by atoms with Gasteiger partial charge in [0.2, 0.25) is 0 Å². The predicted octanol–water partition coefficient (Wildman–Crippen LogP) is 1.83. The van der Waals surface area contributed by atoms with E-state index in [0.717, 1.165) is 12.5 Å². The summed E-state index contributed by atoms with van der Waals surface area (Å²) >= 11 is 0. The van der Waals surface area contributed by atoms with Gasteiger partial charge in [-0.05, 0) is 38.0 Å². The Labute approximate surface area is 84.7 Å². The van der Waals surface area contributed by atoms with Crippen LogP contribution in [0, 0.1) is 5.92 Å². The van der Waals surface area contributed by atoms with E-state index < -0.39 is 0 Å². The van der Waals surface area contributed by atoms with Gasteiger partial charge >= 0.3 is 0 Å². The molecule has 2 fully saturated rings. The van der Waals surface area contributed by atoms with Gasteiger partial charge in [-0.3, -0.25) is 0 Å². The molecule has 1 aliphatic carbocycles. The molecule has 13 heavy (non-hydrogen) atoms. The number of ether oxygens (including phenoxy) is 1. The number of rotatable bonds is 1. The fourth-order valence-electron chi connectivity index (χ4n) is 2.99. The molecule has 2 rings (SSSR count). The molecule has 0 amide bonds. The second kappa shape index (κ2) is 4.14. The third kappa shape index (κ3) is 2.16. The maximum Gasteiger partial charge on any atom is 0.0513 e. The molecule has 1 saturated carbocycles. The first-order chi connectivity index (χ1) is 6.31. The van der Waals surface area contributed by atoms with E-state index in [4.69, 9.17) is 4.74 Å².